The fourth-order valence-corrected chi connectivity index (χ4v) is 5.26. The van der Waals surface area contributed by atoms with E-state index in [0.29, 0.717) is 0 Å². The lowest BCUT2D eigenvalue weighted by Gasteiger charge is -2.28. The molecule has 2 rings (SSSR count). The number of aryl methyl sites for hydroxylation is 1. The van der Waals surface area contributed by atoms with Gasteiger partial charge in [0.15, 0.2) is 4.60 Å². The molecular weight excluding hydrogens is 344 g/mol. The molecule has 0 atom stereocenters. The number of halogens is 1. The molecule has 0 unspecified atom stereocenters. The van der Waals surface area contributed by atoms with Crippen molar-refractivity contribution in [2.75, 3.05) is 0 Å². The molecular formula is C12H21BrN4O2S. The monoisotopic (exact) mass is 364 g/mol. The van der Waals surface area contributed by atoms with E-state index >= 15 is 0 Å². The molecule has 0 aromatic carbocycles. The van der Waals surface area contributed by atoms with Crippen molar-refractivity contribution in [1.82, 2.24) is 19.7 Å². The van der Waals surface area contributed by atoms with Crippen LogP contribution < -0.4 is 4.72 Å². The first kappa shape index (κ1) is 15.9. The second kappa shape index (κ2) is 6.53. The smallest absolute Gasteiger partial charge is 0.235 e. The summed E-state index contributed by atoms with van der Waals surface area (Å²) in [5.74, 6) is 0.755. The molecule has 1 aliphatic carbocycles. The van der Waals surface area contributed by atoms with Gasteiger partial charge in [-0.3, -0.25) is 0 Å². The number of sulfonamides is 1. The molecule has 0 saturated heterocycles. The van der Waals surface area contributed by atoms with Crippen LogP contribution in [0.1, 0.15) is 45.4 Å². The molecule has 0 bridgehead atoms. The van der Waals surface area contributed by atoms with Crippen molar-refractivity contribution in [3.8, 4) is 0 Å². The maximum atomic E-state index is 12.4. The summed E-state index contributed by atoms with van der Waals surface area (Å²) in [5, 5.41) is 7.53. The molecule has 6 nitrogen and oxygen atoms in total. The molecule has 1 saturated carbocycles. The predicted molar refractivity (Wildman–Crippen MR) is 79.7 cm³/mol. The van der Waals surface area contributed by atoms with E-state index in [0.717, 1.165) is 31.6 Å². The number of aromatic nitrogens is 3. The van der Waals surface area contributed by atoms with Crippen LogP contribution in [0.15, 0.2) is 9.63 Å². The van der Waals surface area contributed by atoms with E-state index in [4.69, 9.17) is 0 Å². The van der Waals surface area contributed by atoms with Crippen molar-refractivity contribution < 1.29 is 8.42 Å². The molecule has 0 amide bonds. The summed E-state index contributed by atoms with van der Waals surface area (Å²) in [5.41, 5.74) is 0. The summed E-state index contributed by atoms with van der Waals surface area (Å²) < 4.78 is 29.0. The molecule has 1 aliphatic rings. The van der Waals surface area contributed by atoms with Crippen LogP contribution in [0.4, 0.5) is 0 Å². The summed E-state index contributed by atoms with van der Waals surface area (Å²) in [6.07, 6.45) is 6.47. The highest BCUT2D eigenvalue weighted by molar-refractivity contribution is 9.10. The van der Waals surface area contributed by atoms with Crippen LogP contribution in [0.3, 0.4) is 0 Å². The highest BCUT2D eigenvalue weighted by atomic mass is 79.9. The second-order valence-corrected chi connectivity index (χ2v) is 7.82. The third kappa shape index (κ3) is 3.59. The van der Waals surface area contributed by atoms with E-state index in [9.17, 15) is 8.42 Å². The maximum absolute atomic E-state index is 12.4. The summed E-state index contributed by atoms with van der Waals surface area (Å²) in [4.78, 5) is 0. The minimum absolute atomic E-state index is 0.0231. The van der Waals surface area contributed by atoms with E-state index < -0.39 is 10.0 Å². The summed E-state index contributed by atoms with van der Waals surface area (Å²) in [6.45, 7) is 2.20. The lowest BCUT2D eigenvalue weighted by Crippen LogP contribution is -2.38. The normalized spacial score (nSPS) is 23.9. The Hall–Kier alpha value is -0.470. The first-order valence-corrected chi connectivity index (χ1v) is 9.29. The molecule has 1 aromatic rings. The SMILES string of the molecule is CCCC1CCC(NS(=O)(=O)c2c(Br)nnn2C)CC1. The molecule has 114 valence electrons. The number of nitrogens with zero attached hydrogens (tertiary/aromatic N) is 3. The zero-order valence-corrected chi connectivity index (χ0v) is 14.2. The van der Waals surface area contributed by atoms with Crippen LogP contribution in [-0.4, -0.2) is 29.5 Å². The van der Waals surface area contributed by atoms with Crippen molar-refractivity contribution in [2.45, 2.75) is 56.5 Å². The van der Waals surface area contributed by atoms with Crippen LogP contribution in [0, 0.1) is 5.92 Å². The van der Waals surface area contributed by atoms with Crippen molar-refractivity contribution in [3.63, 3.8) is 0 Å². The van der Waals surface area contributed by atoms with E-state index in [1.807, 2.05) is 0 Å². The van der Waals surface area contributed by atoms with Gasteiger partial charge in [0.2, 0.25) is 5.03 Å². The second-order valence-electron chi connectivity index (χ2n) is 5.44. The largest absolute Gasteiger partial charge is 0.260 e. The van der Waals surface area contributed by atoms with E-state index in [1.165, 1.54) is 17.5 Å². The molecule has 1 fully saturated rings. The first-order chi connectivity index (χ1) is 9.44. The fourth-order valence-electron chi connectivity index (χ4n) is 2.86. The molecule has 1 aromatic heterocycles. The van der Waals surface area contributed by atoms with Gasteiger partial charge in [-0.15, -0.1) is 5.10 Å². The Morgan fingerprint density at radius 3 is 2.50 bits per heavy atom. The average molecular weight is 365 g/mol. The predicted octanol–water partition coefficient (Wildman–Crippen LogP) is 2.21. The zero-order valence-electron chi connectivity index (χ0n) is 11.8. The van der Waals surface area contributed by atoms with Crippen molar-refractivity contribution >= 4 is 26.0 Å². The van der Waals surface area contributed by atoms with Gasteiger partial charge < -0.3 is 0 Å². The quantitative estimate of drug-likeness (QED) is 0.868. The minimum Gasteiger partial charge on any atom is -0.235 e. The Labute approximate surface area is 128 Å². The molecule has 20 heavy (non-hydrogen) atoms. The van der Waals surface area contributed by atoms with Gasteiger partial charge in [-0.2, -0.15) is 0 Å². The summed E-state index contributed by atoms with van der Waals surface area (Å²) in [6, 6.07) is 0.0231. The lowest BCUT2D eigenvalue weighted by molar-refractivity contribution is 0.297. The minimum atomic E-state index is -3.57. The van der Waals surface area contributed by atoms with Gasteiger partial charge in [0.25, 0.3) is 10.0 Å². The highest BCUT2D eigenvalue weighted by Crippen LogP contribution is 2.29. The average Bonchev–Trinajstić information content (AvgIpc) is 2.72. The van der Waals surface area contributed by atoms with E-state index in [2.05, 4.69) is 37.9 Å². The third-order valence-electron chi connectivity index (χ3n) is 3.86. The molecule has 0 radical (unpaired) electrons. The van der Waals surface area contributed by atoms with Crippen LogP contribution in [0.2, 0.25) is 0 Å². The van der Waals surface area contributed by atoms with Gasteiger partial charge in [-0.25, -0.2) is 17.8 Å². The lowest BCUT2D eigenvalue weighted by atomic mass is 9.84. The first-order valence-electron chi connectivity index (χ1n) is 7.01. The van der Waals surface area contributed by atoms with Gasteiger partial charge in [0.1, 0.15) is 0 Å². The molecule has 1 N–H and O–H groups in total. The van der Waals surface area contributed by atoms with E-state index in [-0.39, 0.29) is 15.7 Å². The van der Waals surface area contributed by atoms with Crippen molar-refractivity contribution in [3.05, 3.63) is 4.60 Å². The van der Waals surface area contributed by atoms with Crippen LogP contribution >= 0.6 is 15.9 Å². The van der Waals surface area contributed by atoms with Crippen LogP contribution in [0.25, 0.3) is 0 Å². The summed E-state index contributed by atoms with van der Waals surface area (Å²) in [7, 11) is -1.99. The molecule has 0 spiro atoms. The Morgan fingerprint density at radius 1 is 1.35 bits per heavy atom. The molecule has 8 heteroatoms. The Balaban J connectivity index is 2.00. The Morgan fingerprint density at radius 2 is 2.00 bits per heavy atom. The molecule has 1 heterocycles. The number of hydrogen-bond donors (Lipinski definition) is 1. The standard InChI is InChI=1S/C12H21BrN4O2S/c1-3-4-9-5-7-10(8-6-9)15-20(18,19)12-11(13)14-16-17(12)2/h9-10,15H,3-8H2,1-2H3. The zero-order chi connectivity index (χ0) is 14.8. The topological polar surface area (TPSA) is 76.9 Å². The van der Waals surface area contributed by atoms with Gasteiger partial charge in [0.05, 0.1) is 0 Å². The number of hydrogen-bond acceptors (Lipinski definition) is 4. The van der Waals surface area contributed by atoms with Gasteiger partial charge >= 0.3 is 0 Å². The van der Waals surface area contributed by atoms with Gasteiger partial charge in [-0.05, 0) is 47.5 Å². The van der Waals surface area contributed by atoms with Crippen molar-refractivity contribution in [2.24, 2.45) is 13.0 Å². The van der Waals surface area contributed by atoms with Gasteiger partial charge in [-0.1, -0.05) is 25.0 Å². The Bertz CT molecular complexity index is 530. The number of rotatable bonds is 5. The van der Waals surface area contributed by atoms with Crippen LogP contribution in [0.5, 0.6) is 0 Å². The third-order valence-corrected chi connectivity index (χ3v) is 6.26. The van der Waals surface area contributed by atoms with Crippen LogP contribution in [-0.2, 0) is 17.1 Å². The maximum Gasteiger partial charge on any atom is 0.260 e. The van der Waals surface area contributed by atoms with Gasteiger partial charge in [0, 0.05) is 13.1 Å². The molecule has 0 aliphatic heterocycles. The van der Waals surface area contributed by atoms with Crippen molar-refractivity contribution in [1.29, 1.82) is 0 Å². The Kier molecular flexibility index (Phi) is 5.19. The summed E-state index contributed by atoms with van der Waals surface area (Å²) >= 11 is 3.13. The number of nitrogens with one attached hydrogen (secondary N) is 1. The highest BCUT2D eigenvalue weighted by Gasteiger charge is 2.29. The van der Waals surface area contributed by atoms with E-state index in [1.54, 1.807) is 7.05 Å². The fraction of sp³-hybridized carbons (Fsp3) is 0.833.